The van der Waals surface area contributed by atoms with Gasteiger partial charge in [0.05, 0.1) is 10.7 Å². The highest BCUT2D eigenvalue weighted by molar-refractivity contribution is 9.10. The Morgan fingerprint density at radius 3 is 2.62 bits per heavy atom. The first kappa shape index (κ1) is 19.1. The summed E-state index contributed by atoms with van der Waals surface area (Å²) in [4.78, 5) is 0. The summed E-state index contributed by atoms with van der Waals surface area (Å²) in [5.41, 5.74) is 4.24. The van der Waals surface area contributed by atoms with Gasteiger partial charge in [-0.25, -0.2) is 0 Å². The smallest absolute Gasteiger partial charge is 0.124 e. The van der Waals surface area contributed by atoms with Crippen LogP contribution in [-0.2, 0) is 13.2 Å². The van der Waals surface area contributed by atoms with Crippen LogP contribution in [0.2, 0.25) is 10.0 Å². The van der Waals surface area contributed by atoms with Gasteiger partial charge in [0.1, 0.15) is 12.4 Å². The predicted octanol–water partition coefficient (Wildman–Crippen LogP) is 7.26. The number of nitrogens with one attached hydrogen (secondary N) is 1. The molecule has 0 radical (unpaired) electrons. The fourth-order valence-corrected chi connectivity index (χ4v) is 3.50. The van der Waals surface area contributed by atoms with Crippen molar-refractivity contribution < 1.29 is 4.74 Å². The molecule has 0 saturated carbocycles. The maximum Gasteiger partial charge on any atom is 0.124 e. The largest absolute Gasteiger partial charge is 0.489 e. The van der Waals surface area contributed by atoms with E-state index in [1.54, 1.807) is 6.07 Å². The van der Waals surface area contributed by atoms with E-state index in [1.165, 1.54) is 5.56 Å². The molecule has 0 spiro atoms. The van der Waals surface area contributed by atoms with Crippen LogP contribution >= 0.6 is 39.1 Å². The van der Waals surface area contributed by atoms with Gasteiger partial charge in [-0.2, -0.15) is 0 Å². The van der Waals surface area contributed by atoms with Gasteiger partial charge < -0.3 is 10.1 Å². The van der Waals surface area contributed by atoms with E-state index in [4.69, 9.17) is 27.9 Å². The third-order valence-electron chi connectivity index (χ3n) is 3.90. The molecular weight excluding hydrogens is 433 g/mol. The monoisotopic (exact) mass is 449 g/mol. The van der Waals surface area contributed by atoms with Gasteiger partial charge in [0.15, 0.2) is 0 Å². The fraction of sp³-hybridized carbons (Fsp3) is 0.143. The fourth-order valence-electron chi connectivity index (χ4n) is 2.61. The van der Waals surface area contributed by atoms with Gasteiger partial charge in [-0.15, -0.1) is 0 Å². The number of hydrogen-bond acceptors (Lipinski definition) is 2. The van der Waals surface area contributed by atoms with Crippen LogP contribution in [0.1, 0.15) is 16.7 Å². The van der Waals surface area contributed by atoms with Crippen molar-refractivity contribution in [2.75, 3.05) is 5.32 Å². The highest BCUT2D eigenvalue weighted by Gasteiger charge is 2.07. The molecule has 0 atom stereocenters. The van der Waals surface area contributed by atoms with Crippen LogP contribution in [0, 0.1) is 6.92 Å². The van der Waals surface area contributed by atoms with E-state index in [-0.39, 0.29) is 0 Å². The second-order valence-corrected chi connectivity index (χ2v) is 7.77. The third kappa shape index (κ3) is 5.16. The molecule has 0 fully saturated rings. The van der Waals surface area contributed by atoms with Crippen molar-refractivity contribution in [3.8, 4) is 5.75 Å². The normalized spacial score (nSPS) is 10.6. The minimum absolute atomic E-state index is 0.526. The summed E-state index contributed by atoms with van der Waals surface area (Å²) in [5, 5.41) is 4.55. The summed E-state index contributed by atoms with van der Waals surface area (Å²) >= 11 is 15.7. The van der Waals surface area contributed by atoms with Crippen LogP contribution in [0.3, 0.4) is 0 Å². The van der Waals surface area contributed by atoms with Crippen molar-refractivity contribution in [3.63, 3.8) is 0 Å². The van der Waals surface area contributed by atoms with E-state index in [1.807, 2.05) is 36.4 Å². The van der Waals surface area contributed by atoms with Crippen molar-refractivity contribution >= 4 is 44.8 Å². The molecule has 0 aliphatic heterocycles. The molecule has 26 heavy (non-hydrogen) atoms. The number of halogens is 3. The maximum atomic E-state index is 6.24. The average molecular weight is 451 g/mol. The second-order valence-electron chi connectivity index (χ2n) is 6.01. The Bertz CT molecular complexity index is 914. The lowest BCUT2D eigenvalue weighted by Gasteiger charge is -2.14. The highest BCUT2D eigenvalue weighted by atomic mass is 79.9. The van der Waals surface area contributed by atoms with Crippen LogP contribution in [0.25, 0.3) is 0 Å². The Hall–Kier alpha value is -1.68. The molecule has 5 heteroatoms. The van der Waals surface area contributed by atoms with Gasteiger partial charge in [-0.3, -0.25) is 0 Å². The molecule has 2 nitrogen and oxygen atoms in total. The average Bonchev–Trinajstić information content (AvgIpc) is 2.60. The Balaban J connectivity index is 1.73. The van der Waals surface area contributed by atoms with Gasteiger partial charge in [-0.05, 0) is 48.9 Å². The summed E-state index contributed by atoms with van der Waals surface area (Å²) in [6.07, 6.45) is 0. The van der Waals surface area contributed by atoms with Crippen LogP contribution in [-0.4, -0.2) is 0 Å². The molecule has 0 heterocycles. The topological polar surface area (TPSA) is 21.3 Å². The number of ether oxygens (including phenoxy) is 1. The van der Waals surface area contributed by atoms with Crippen molar-refractivity contribution in [3.05, 3.63) is 91.9 Å². The Morgan fingerprint density at radius 2 is 1.85 bits per heavy atom. The number of aryl methyl sites for hydroxylation is 1. The van der Waals surface area contributed by atoms with Crippen molar-refractivity contribution in [2.24, 2.45) is 0 Å². The SMILES string of the molecule is Cc1cccc(COc2ccc(Br)cc2CNc2ccc(Cl)cc2Cl)c1. The van der Waals surface area contributed by atoms with Gasteiger partial charge in [0, 0.05) is 21.6 Å². The van der Waals surface area contributed by atoms with Crippen molar-refractivity contribution in [1.82, 2.24) is 0 Å². The molecule has 0 bridgehead atoms. The van der Waals surface area contributed by atoms with Gasteiger partial charge >= 0.3 is 0 Å². The first-order chi connectivity index (χ1) is 12.5. The molecule has 3 aromatic carbocycles. The van der Waals surface area contributed by atoms with Crippen molar-refractivity contribution in [2.45, 2.75) is 20.1 Å². The summed E-state index contributed by atoms with van der Waals surface area (Å²) < 4.78 is 7.06. The highest BCUT2D eigenvalue weighted by Crippen LogP contribution is 2.28. The molecule has 0 saturated heterocycles. The van der Waals surface area contributed by atoms with E-state index >= 15 is 0 Å². The molecule has 1 N–H and O–H groups in total. The van der Waals surface area contributed by atoms with E-state index in [9.17, 15) is 0 Å². The summed E-state index contributed by atoms with van der Waals surface area (Å²) in [7, 11) is 0. The van der Waals surface area contributed by atoms with E-state index < -0.39 is 0 Å². The molecule has 0 unspecified atom stereocenters. The summed E-state index contributed by atoms with van der Waals surface area (Å²) in [6, 6.07) is 19.7. The van der Waals surface area contributed by atoms with E-state index in [0.717, 1.165) is 27.0 Å². The molecule has 0 aliphatic rings. The van der Waals surface area contributed by atoms with Gasteiger partial charge in [0.2, 0.25) is 0 Å². The number of rotatable bonds is 6. The molecular formula is C21H18BrCl2NO. The first-order valence-corrected chi connectivity index (χ1v) is 9.72. The third-order valence-corrected chi connectivity index (χ3v) is 4.94. The van der Waals surface area contributed by atoms with E-state index in [2.05, 4.69) is 46.4 Å². The van der Waals surface area contributed by atoms with Crippen LogP contribution < -0.4 is 10.1 Å². The zero-order valence-corrected chi connectivity index (χ0v) is 17.3. The molecule has 3 rings (SSSR count). The Morgan fingerprint density at radius 1 is 1.00 bits per heavy atom. The predicted molar refractivity (Wildman–Crippen MR) is 113 cm³/mol. The molecule has 0 aromatic heterocycles. The molecule has 3 aromatic rings. The minimum Gasteiger partial charge on any atom is -0.489 e. The maximum absolute atomic E-state index is 6.24. The second kappa shape index (κ2) is 8.81. The van der Waals surface area contributed by atoms with Crippen LogP contribution in [0.15, 0.2) is 65.1 Å². The number of anilines is 1. The summed E-state index contributed by atoms with van der Waals surface area (Å²) in [5.74, 6) is 0.840. The Labute approximate surface area is 172 Å². The Kier molecular flexibility index (Phi) is 6.47. The minimum atomic E-state index is 0.526. The molecule has 0 aliphatic carbocycles. The van der Waals surface area contributed by atoms with Gasteiger partial charge in [-0.1, -0.05) is 69.0 Å². The van der Waals surface area contributed by atoms with E-state index in [0.29, 0.717) is 23.2 Å². The molecule has 134 valence electrons. The lowest BCUT2D eigenvalue weighted by atomic mass is 10.1. The quantitative estimate of drug-likeness (QED) is 0.426. The standard InChI is InChI=1S/C21H18BrCl2NO/c1-14-3-2-4-15(9-14)13-26-21-8-5-17(22)10-16(21)12-25-20-7-6-18(23)11-19(20)24/h2-11,25H,12-13H2,1H3. The molecule has 0 amide bonds. The van der Waals surface area contributed by atoms with Crippen LogP contribution in [0.5, 0.6) is 5.75 Å². The number of benzene rings is 3. The van der Waals surface area contributed by atoms with Crippen molar-refractivity contribution in [1.29, 1.82) is 0 Å². The lowest BCUT2D eigenvalue weighted by molar-refractivity contribution is 0.303. The lowest BCUT2D eigenvalue weighted by Crippen LogP contribution is -2.04. The van der Waals surface area contributed by atoms with Gasteiger partial charge in [0.25, 0.3) is 0 Å². The zero-order valence-electron chi connectivity index (χ0n) is 14.2. The zero-order chi connectivity index (χ0) is 18.5. The summed E-state index contributed by atoms with van der Waals surface area (Å²) in [6.45, 7) is 3.19. The number of hydrogen-bond donors (Lipinski definition) is 1. The van der Waals surface area contributed by atoms with Crippen LogP contribution in [0.4, 0.5) is 5.69 Å². The first-order valence-electron chi connectivity index (χ1n) is 8.17.